The van der Waals surface area contributed by atoms with Gasteiger partial charge in [0.1, 0.15) is 5.60 Å². The van der Waals surface area contributed by atoms with Crippen molar-refractivity contribution in [3.8, 4) is 0 Å². The summed E-state index contributed by atoms with van der Waals surface area (Å²) in [7, 11) is 0. The lowest BCUT2D eigenvalue weighted by atomic mass is 9.91. The Bertz CT molecular complexity index is 399. The topological polar surface area (TPSA) is 55.8 Å². The molecule has 0 radical (unpaired) electrons. The summed E-state index contributed by atoms with van der Waals surface area (Å²) in [6, 6.07) is 0. The number of likely N-dealkylation sites (tertiary alicyclic amines) is 1. The van der Waals surface area contributed by atoms with Crippen molar-refractivity contribution in [1.82, 2.24) is 4.90 Å². The third-order valence-electron chi connectivity index (χ3n) is 3.39. The van der Waals surface area contributed by atoms with Gasteiger partial charge in [-0.1, -0.05) is 0 Å². The van der Waals surface area contributed by atoms with Crippen LogP contribution in [0.3, 0.4) is 0 Å². The zero-order chi connectivity index (χ0) is 17.0. The third kappa shape index (κ3) is 5.77. The smallest absolute Gasteiger partial charge is 0.410 e. The van der Waals surface area contributed by atoms with Gasteiger partial charge >= 0.3 is 18.0 Å². The molecule has 1 saturated heterocycles. The van der Waals surface area contributed by atoms with Crippen molar-refractivity contribution in [2.75, 3.05) is 19.7 Å². The van der Waals surface area contributed by atoms with Gasteiger partial charge in [0, 0.05) is 19.5 Å². The second kappa shape index (κ2) is 7.24. The van der Waals surface area contributed by atoms with Crippen LogP contribution in [0.25, 0.3) is 0 Å². The minimum Gasteiger partial charge on any atom is -0.462 e. The SMILES string of the molecule is CCOC(=O)C(F)(F)CC1CCN(C(=O)OC(C)(C)C)CC1. The molecule has 0 aliphatic carbocycles. The number of rotatable bonds is 4. The van der Waals surface area contributed by atoms with Crippen LogP contribution in [0.15, 0.2) is 0 Å². The summed E-state index contributed by atoms with van der Waals surface area (Å²) in [5.74, 6) is -5.24. The van der Waals surface area contributed by atoms with E-state index in [1.807, 2.05) is 0 Å². The predicted octanol–water partition coefficient (Wildman–Crippen LogP) is 3.22. The Labute approximate surface area is 129 Å². The van der Waals surface area contributed by atoms with Crippen LogP contribution in [0.4, 0.5) is 13.6 Å². The Hall–Kier alpha value is -1.40. The highest BCUT2D eigenvalue weighted by molar-refractivity contribution is 5.77. The molecule has 7 heteroatoms. The van der Waals surface area contributed by atoms with Gasteiger partial charge in [-0.3, -0.25) is 0 Å². The zero-order valence-electron chi connectivity index (χ0n) is 13.7. The van der Waals surface area contributed by atoms with Crippen LogP contribution in [-0.4, -0.2) is 48.2 Å². The van der Waals surface area contributed by atoms with Gasteiger partial charge in [0.05, 0.1) is 6.61 Å². The second-order valence-corrected chi connectivity index (χ2v) is 6.54. The summed E-state index contributed by atoms with van der Waals surface area (Å²) in [5, 5.41) is 0. The molecular formula is C15H25F2NO4. The standard InChI is InChI=1S/C15H25F2NO4/c1-5-21-12(19)15(16,17)10-11-6-8-18(9-7-11)13(20)22-14(2,3)4/h11H,5-10H2,1-4H3. The number of esters is 1. The molecule has 0 N–H and O–H groups in total. The summed E-state index contributed by atoms with van der Waals surface area (Å²) in [6.07, 6.45) is -0.112. The van der Waals surface area contributed by atoms with Crippen molar-refractivity contribution >= 4 is 12.1 Å². The number of carbonyl (C=O) groups excluding carboxylic acids is 2. The average molecular weight is 321 g/mol. The van der Waals surface area contributed by atoms with E-state index in [1.54, 1.807) is 20.8 Å². The average Bonchev–Trinajstić information content (AvgIpc) is 2.37. The number of piperidine rings is 1. The number of halogens is 2. The Balaban J connectivity index is 2.45. The first-order valence-corrected chi connectivity index (χ1v) is 7.58. The van der Waals surface area contributed by atoms with Crippen LogP contribution in [-0.2, 0) is 14.3 Å². The molecule has 0 unspecified atom stereocenters. The van der Waals surface area contributed by atoms with Crippen molar-refractivity contribution < 1.29 is 27.8 Å². The minimum atomic E-state index is -3.46. The number of nitrogens with zero attached hydrogens (tertiary/aromatic N) is 1. The van der Waals surface area contributed by atoms with Crippen LogP contribution >= 0.6 is 0 Å². The summed E-state index contributed by atoms with van der Waals surface area (Å²) in [5.41, 5.74) is -0.578. The fourth-order valence-corrected chi connectivity index (χ4v) is 2.33. The molecule has 0 atom stereocenters. The van der Waals surface area contributed by atoms with E-state index >= 15 is 0 Å². The van der Waals surface area contributed by atoms with Gasteiger partial charge < -0.3 is 14.4 Å². The van der Waals surface area contributed by atoms with Crippen molar-refractivity contribution in [2.45, 2.75) is 58.5 Å². The van der Waals surface area contributed by atoms with E-state index in [0.29, 0.717) is 25.9 Å². The maximum atomic E-state index is 13.7. The molecule has 0 aromatic rings. The quantitative estimate of drug-likeness (QED) is 0.746. The second-order valence-electron chi connectivity index (χ2n) is 6.54. The van der Waals surface area contributed by atoms with E-state index in [0.717, 1.165) is 0 Å². The molecule has 1 aliphatic rings. The maximum absolute atomic E-state index is 13.7. The van der Waals surface area contributed by atoms with Crippen LogP contribution in [0, 0.1) is 5.92 Å². The van der Waals surface area contributed by atoms with E-state index in [-0.39, 0.29) is 12.5 Å². The number of carbonyl (C=O) groups is 2. The highest BCUT2D eigenvalue weighted by Crippen LogP contribution is 2.31. The minimum absolute atomic E-state index is 0.0640. The summed E-state index contributed by atoms with van der Waals surface area (Å²) < 4.78 is 37.0. The lowest BCUT2D eigenvalue weighted by Gasteiger charge is -2.34. The molecule has 0 saturated carbocycles. The number of amides is 1. The van der Waals surface area contributed by atoms with E-state index in [1.165, 1.54) is 11.8 Å². The molecule has 1 heterocycles. The molecule has 5 nitrogen and oxygen atoms in total. The Morgan fingerprint density at radius 2 is 1.73 bits per heavy atom. The molecule has 1 rings (SSSR count). The predicted molar refractivity (Wildman–Crippen MR) is 76.7 cm³/mol. The van der Waals surface area contributed by atoms with Crippen LogP contribution in [0.5, 0.6) is 0 Å². The van der Waals surface area contributed by atoms with E-state index in [4.69, 9.17) is 4.74 Å². The molecule has 0 spiro atoms. The number of ether oxygens (including phenoxy) is 2. The van der Waals surface area contributed by atoms with E-state index in [2.05, 4.69) is 4.74 Å². The molecular weight excluding hydrogens is 296 g/mol. The maximum Gasteiger partial charge on any atom is 0.410 e. The Kier molecular flexibility index (Phi) is 6.14. The number of alkyl halides is 2. The monoisotopic (exact) mass is 321 g/mol. The fraction of sp³-hybridized carbons (Fsp3) is 0.867. The first-order chi connectivity index (χ1) is 10.0. The summed E-state index contributed by atoms with van der Waals surface area (Å²) in [4.78, 5) is 24.6. The van der Waals surface area contributed by atoms with Gasteiger partial charge in [0.15, 0.2) is 0 Å². The van der Waals surface area contributed by atoms with Gasteiger partial charge in [-0.15, -0.1) is 0 Å². The van der Waals surface area contributed by atoms with Gasteiger partial charge in [-0.2, -0.15) is 8.78 Å². The van der Waals surface area contributed by atoms with E-state index < -0.39 is 30.0 Å². The molecule has 1 amide bonds. The van der Waals surface area contributed by atoms with E-state index in [9.17, 15) is 18.4 Å². The molecule has 0 bridgehead atoms. The largest absolute Gasteiger partial charge is 0.462 e. The van der Waals surface area contributed by atoms with Gasteiger partial charge in [0.2, 0.25) is 0 Å². The van der Waals surface area contributed by atoms with Gasteiger partial charge in [0.25, 0.3) is 0 Å². The summed E-state index contributed by atoms with van der Waals surface area (Å²) in [6.45, 7) is 7.47. The molecule has 128 valence electrons. The summed E-state index contributed by atoms with van der Waals surface area (Å²) >= 11 is 0. The number of hydrogen-bond acceptors (Lipinski definition) is 4. The lowest BCUT2D eigenvalue weighted by molar-refractivity contribution is -0.174. The van der Waals surface area contributed by atoms with Crippen molar-refractivity contribution in [1.29, 1.82) is 0 Å². The molecule has 0 aromatic carbocycles. The zero-order valence-corrected chi connectivity index (χ0v) is 13.7. The first-order valence-electron chi connectivity index (χ1n) is 7.58. The van der Waals surface area contributed by atoms with Crippen molar-refractivity contribution in [2.24, 2.45) is 5.92 Å². The lowest BCUT2D eigenvalue weighted by Crippen LogP contribution is -2.43. The van der Waals surface area contributed by atoms with Crippen LogP contribution in [0.2, 0.25) is 0 Å². The van der Waals surface area contributed by atoms with Crippen LogP contribution in [0.1, 0.15) is 47.0 Å². The molecule has 1 aliphatic heterocycles. The normalized spacial score (nSPS) is 17.3. The molecule has 22 heavy (non-hydrogen) atoms. The Morgan fingerprint density at radius 1 is 1.18 bits per heavy atom. The highest BCUT2D eigenvalue weighted by atomic mass is 19.3. The van der Waals surface area contributed by atoms with Crippen molar-refractivity contribution in [3.05, 3.63) is 0 Å². The van der Waals surface area contributed by atoms with Crippen molar-refractivity contribution in [3.63, 3.8) is 0 Å². The van der Waals surface area contributed by atoms with Crippen LogP contribution < -0.4 is 0 Å². The Morgan fingerprint density at radius 3 is 2.18 bits per heavy atom. The third-order valence-corrected chi connectivity index (χ3v) is 3.39. The highest BCUT2D eigenvalue weighted by Gasteiger charge is 2.43. The number of hydrogen-bond donors (Lipinski definition) is 0. The van der Waals surface area contributed by atoms with Gasteiger partial charge in [-0.25, -0.2) is 9.59 Å². The molecule has 0 aromatic heterocycles. The first kappa shape index (κ1) is 18.6. The molecule has 1 fully saturated rings. The van der Waals surface area contributed by atoms with Gasteiger partial charge in [-0.05, 0) is 46.5 Å². The fourth-order valence-electron chi connectivity index (χ4n) is 2.33.